The first-order valence-electron chi connectivity index (χ1n) is 11.5. The van der Waals surface area contributed by atoms with Crippen LogP contribution in [0.4, 0.5) is 27.2 Å². The van der Waals surface area contributed by atoms with Crippen LogP contribution >= 0.6 is 0 Å². The van der Waals surface area contributed by atoms with Crippen LogP contribution in [0.25, 0.3) is 10.9 Å². The van der Waals surface area contributed by atoms with E-state index in [0.717, 1.165) is 8.61 Å². The molecule has 12 nitrogen and oxygen atoms in total. The normalized spacial score (nSPS) is 20.1. The number of rotatable bonds is 4. The molecule has 0 spiro atoms. The molecule has 2 aliphatic heterocycles. The Labute approximate surface area is 214 Å². The molecule has 0 radical (unpaired) electrons. The Balaban J connectivity index is 1.52. The van der Waals surface area contributed by atoms with Gasteiger partial charge in [0, 0.05) is 51.9 Å². The van der Waals surface area contributed by atoms with Crippen LogP contribution < -0.4 is 5.48 Å². The van der Waals surface area contributed by atoms with Crippen molar-refractivity contribution in [3.8, 4) is 0 Å². The van der Waals surface area contributed by atoms with Crippen LogP contribution in [-0.4, -0.2) is 102 Å². The average Bonchev–Trinajstić information content (AvgIpc) is 3.35. The van der Waals surface area contributed by atoms with E-state index in [4.69, 9.17) is 9.94 Å². The molecule has 3 amide bonds. The molecule has 0 saturated carbocycles. The highest BCUT2D eigenvalue weighted by Gasteiger charge is 2.43. The number of aromatic nitrogens is 1. The van der Waals surface area contributed by atoms with Gasteiger partial charge < -0.3 is 19.5 Å². The minimum atomic E-state index is -4.24. The van der Waals surface area contributed by atoms with Crippen LogP contribution in [0.1, 0.15) is 24.3 Å². The first-order valence-corrected chi connectivity index (χ1v) is 12.9. The molecule has 210 valence electrons. The number of nitrogens with one attached hydrogen (secondary N) is 2. The van der Waals surface area contributed by atoms with Crippen LogP contribution in [0, 0.1) is 23.3 Å². The number of benzene rings is 1. The fraction of sp³-hybridized carbons (Fsp3) is 0.524. The standard InChI is InChI=1S/C21H26F4N6O6S/c1-28(2)21(33)29-7-8-31(13(10-29)37-20(32)27-34)38(35,36)30-5-3-11(4-6-30)12-9-26-19-14(12)15(22)16(23)17(24)18(19)25/h9,11,13,26,34H,3-8,10H2,1-2H3,(H,27,32)/t13-/m1/s1. The number of piperidine rings is 1. The summed E-state index contributed by atoms with van der Waals surface area (Å²) in [6, 6.07) is -0.431. The summed E-state index contributed by atoms with van der Waals surface area (Å²) >= 11 is 0. The molecule has 3 N–H and O–H groups in total. The number of carbonyl (C=O) groups excluding carboxylic acids is 2. The van der Waals surface area contributed by atoms with Gasteiger partial charge in [-0.1, -0.05) is 0 Å². The molecule has 2 fully saturated rings. The molecular formula is C21H26F4N6O6S. The maximum atomic E-state index is 14.5. The Hall–Kier alpha value is -3.15. The van der Waals surface area contributed by atoms with E-state index in [1.165, 1.54) is 35.6 Å². The quantitative estimate of drug-likeness (QED) is 0.170. The Kier molecular flexibility index (Phi) is 7.74. The highest BCUT2D eigenvalue weighted by Crippen LogP contribution is 2.38. The van der Waals surface area contributed by atoms with Crippen LogP contribution in [0.3, 0.4) is 0 Å². The van der Waals surface area contributed by atoms with E-state index in [-0.39, 0.29) is 51.1 Å². The van der Waals surface area contributed by atoms with Crippen molar-refractivity contribution in [2.45, 2.75) is 25.0 Å². The van der Waals surface area contributed by atoms with Gasteiger partial charge in [0.15, 0.2) is 29.5 Å². The number of urea groups is 1. The summed E-state index contributed by atoms with van der Waals surface area (Å²) in [5.74, 6) is -7.42. The second kappa shape index (κ2) is 10.5. The lowest BCUT2D eigenvalue weighted by Gasteiger charge is -2.42. The zero-order chi connectivity index (χ0) is 27.9. The molecule has 1 aromatic carbocycles. The number of ether oxygens (including phenoxy) is 1. The third-order valence-electron chi connectivity index (χ3n) is 6.72. The second-order valence-corrected chi connectivity index (χ2v) is 11.0. The van der Waals surface area contributed by atoms with Gasteiger partial charge in [-0.25, -0.2) is 32.6 Å². The number of halogens is 4. The lowest BCUT2D eigenvalue weighted by Crippen LogP contribution is -2.62. The van der Waals surface area contributed by atoms with Crippen molar-refractivity contribution >= 4 is 33.2 Å². The third kappa shape index (κ3) is 4.85. The number of hydrogen-bond donors (Lipinski definition) is 3. The molecule has 0 bridgehead atoms. The van der Waals surface area contributed by atoms with E-state index in [1.807, 2.05) is 0 Å². The second-order valence-electron chi connectivity index (χ2n) is 9.14. The van der Waals surface area contributed by atoms with Crippen LogP contribution in [0.2, 0.25) is 0 Å². The number of nitrogens with zero attached hydrogens (tertiary/aromatic N) is 4. The smallest absolute Gasteiger partial charge is 0.426 e. The number of fused-ring (bicyclic) bond motifs is 1. The van der Waals surface area contributed by atoms with Crippen molar-refractivity contribution in [3.63, 3.8) is 0 Å². The first-order chi connectivity index (χ1) is 17.9. The molecule has 2 aliphatic rings. The van der Waals surface area contributed by atoms with Gasteiger partial charge in [-0.3, -0.25) is 5.21 Å². The van der Waals surface area contributed by atoms with E-state index in [9.17, 15) is 35.6 Å². The van der Waals surface area contributed by atoms with Crippen molar-refractivity contribution < 1.29 is 45.5 Å². The highest BCUT2D eigenvalue weighted by atomic mass is 32.2. The summed E-state index contributed by atoms with van der Waals surface area (Å²) in [7, 11) is -1.23. The van der Waals surface area contributed by atoms with Gasteiger partial charge in [0.2, 0.25) is 0 Å². The molecule has 3 heterocycles. The largest absolute Gasteiger partial charge is 0.432 e. The Morgan fingerprint density at radius 2 is 1.68 bits per heavy atom. The summed E-state index contributed by atoms with van der Waals surface area (Å²) in [6.45, 7) is -0.618. The molecule has 2 aromatic rings. The predicted octanol–water partition coefficient (Wildman–Crippen LogP) is 1.89. The lowest BCUT2D eigenvalue weighted by atomic mass is 9.90. The van der Waals surface area contributed by atoms with Crippen molar-refractivity contribution in [2.24, 2.45) is 0 Å². The molecular weight excluding hydrogens is 540 g/mol. The van der Waals surface area contributed by atoms with Crippen molar-refractivity contribution in [1.29, 1.82) is 0 Å². The van der Waals surface area contributed by atoms with E-state index < -0.39 is 68.7 Å². The number of carbonyl (C=O) groups is 2. The number of hydrogen-bond acceptors (Lipinski definition) is 6. The SMILES string of the molecule is CN(C)C(=O)N1CCN(S(=O)(=O)N2CCC(c3c[nH]c4c(F)c(F)c(F)c(F)c34)CC2)[C@H](OC(=O)NO)C1. The summed E-state index contributed by atoms with van der Waals surface area (Å²) in [6.07, 6.45) is -1.21. The number of hydroxylamine groups is 1. The Bertz CT molecular complexity index is 1350. The van der Waals surface area contributed by atoms with E-state index >= 15 is 0 Å². The van der Waals surface area contributed by atoms with Crippen molar-refractivity contribution in [2.75, 3.05) is 46.8 Å². The highest BCUT2D eigenvalue weighted by molar-refractivity contribution is 7.86. The van der Waals surface area contributed by atoms with E-state index in [0.29, 0.717) is 0 Å². The summed E-state index contributed by atoms with van der Waals surface area (Å²) in [5.41, 5.74) is 0.945. The number of H-pyrrole nitrogens is 1. The Morgan fingerprint density at radius 3 is 2.29 bits per heavy atom. The summed E-state index contributed by atoms with van der Waals surface area (Å²) in [4.78, 5) is 29.0. The molecule has 4 rings (SSSR count). The van der Waals surface area contributed by atoms with Crippen molar-refractivity contribution in [3.05, 3.63) is 35.0 Å². The summed E-state index contributed by atoms with van der Waals surface area (Å²) < 4.78 is 90.1. The van der Waals surface area contributed by atoms with Crippen molar-refractivity contribution in [1.82, 2.24) is 28.9 Å². The molecule has 0 unspecified atom stereocenters. The zero-order valence-electron chi connectivity index (χ0n) is 20.4. The average molecular weight is 567 g/mol. The molecule has 38 heavy (non-hydrogen) atoms. The van der Waals surface area contributed by atoms with Gasteiger partial charge in [-0.2, -0.15) is 12.7 Å². The third-order valence-corrected chi connectivity index (χ3v) is 8.75. The molecule has 0 aliphatic carbocycles. The predicted molar refractivity (Wildman–Crippen MR) is 123 cm³/mol. The van der Waals surface area contributed by atoms with Gasteiger partial charge in [-0.05, 0) is 24.3 Å². The van der Waals surface area contributed by atoms with Gasteiger partial charge >= 0.3 is 12.1 Å². The molecule has 1 atom stereocenters. The minimum absolute atomic E-state index is 0.00954. The molecule has 2 saturated heterocycles. The van der Waals surface area contributed by atoms with Crippen LogP contribution in [0.5, 0.6) is 0 Å². The number of amides is 3. The summed E-state index contributed by atoms with van der Waals surface area (Å²) in [5, 5.41) is 8.42. The van der Waals surface area contributed by atoms with Gasteiger partial charge in [0.05, 0.1) is 12.1 Å². The van der Waals surface area contributed by atoms with E-state index in [2.05, 4.69) is 4.98 Å². The maximum absolute atomic E-state index is 14.5. The van der Waals surface area contributed by atoms with Crippen LogP contribution in [-0.2, 0) is 14.9 Å². The van der Waals surface area contributed by atoms with Gasteiger partial charge in [0.25, 0.3) is 10.2 Å². The molecule has 17 heteroatoms. The topological polar surface area (TPSA) is 139 Å². The van der Waals surface area contributed by atoms with Gasteiger partial charge in [0.1, 0.15) is 0 Å². The number of aromatic amines is 1. The maximum Gasteiger partial charge on any atom is 0.432 e. The number of piperazine rings is 1. The molecule has 1 aromatic heterocycles. The monoisotopic (exact) mass is 566 g/mol. The fourth-order valence-corrected chi connectivity index (χ4v) is 6.52. The first kappa shape index (κ1) is 27.9. The van der Waals surface area contributed by atoms with Gasteiger partial charge in [-0.15, -0.1) is 4.31 Å². The van der Waals surface area contributed by atoms with Crippen LogP contribution in [0.15, 0.2) is 6.20 Å². The Morgan fingerprint density at radius 1 is 1.05 bits per heavy atom. The minimum Gasteiger partial charge on any atom is -0.426 e. The fourth-order valence-electron chi connectivity index (χ4n) is 4.83. The zero-order valence-corrected chi connectivity index (χ0v) is 21.2. The lowest BCUT2D eigenvalue weighted by molar-refractivity contribution is -0.0290. The van der Waals surface area contributed by atoms with E-state index in [1.54, 1.807) is 0 Å².